The molecule has 0 aliphatic carbocycles. The SMILES string of the molecule is CN1CCCN(c2cc(N3CCCC3=O)cc3c2OCC3)CC1. The van der Waals surface area contributed by atoms with Gasteiger partial charge in [-0.25, -0.2) is 0 Å². The maximum atomic E-state index is 12.1. The molecule has 0 unspecified atom stereocenters. The van der Waals surface area contributed by atoms with E-state index in [2.05, 4.69) is 29.0 Å². The molecule has 3 aliphatic heterocycles. The van der Waals surface area contributed by atoms with Gasteiger partial charge in [0.15, 0.2) is 0 Å². The lowest BCUT2D eigenvalue weighted by Crippen LogP contribution is -2.29. The van der Waals surface area contributed by atoms with Crippen molar-refractivity contribution in [3.05, 3.63) is 17.7 Å². The normalized spacial score (nSPS) is 22.2. The number of amides is 1. The summed E-state index contributed by atoms with van der Waals surface area (Å²) in [6, 6.07) is 4.34. The second-order valence-electron chi connectivity index (χ2n) is 6.84. The molecule has 5 heteroatoms. The van der Waals surface area contributed by atoms with Crippen LogP contribution in [0.4, 0.5) is 11.4 Å². The van der Waals surface area contributed by atoms with Gasteiger partial charge >= 0.3 is 0 Å². The summed E-state index contributed by atoms with van der Waals surface area (Å²) < 4.78 is 5.94. The predicted octanol–water partition coefficient (Wildman–Crippen LogP) is 1.89. The van der Waals surface area contributed by atoms with Crippen molar-refractivity contribution in [3.8, 4) is 5.75 Å². The number of hydrogen-bond donors (Lipinski definition) is 0. The second-order valence-corrected chi connectivity index (χ2v) is 6.84. The van der Waals surface area contributed by atoms with E-state index in [-0.39, 0.29) is 5.91 Å². The average molecular weight is 315 g/mol. The summed E-state index contributed by atoms with van der Waals surface area (Å²) in [5.74, 6) is 1.30. The summed E-state index contributed by atoms with van der Waals surface area (Å²) in [6.45, 7) is 5.89. The molecule has 0 spiro atoms. The standard InChI is InChI=1S/C18H25N3O2/c1-19-6-3-7-20(10-9-19)16-13-15(21-8-2-4-17(21)22)12-14-5-11-23-18(14)16/h12-13H,2-11H2,1H3. The number of nitrogens with zero attached hydrogens (tertiary/aromatic N) is 3. The monoisotopic (exact) mass is 315 g/mol. The fourth-order valence-electron chi connectivity index (χ4n) is 3.87. The van der Waals surface area contributed by atoms with Gasteiger partial charge in [-0.1, -0.05) is 0 Å². The first-order valence-corrected chi connectivity index (χ1v) is 8.76. The summed E-state index contributed by atoms with van der Waals surface area (Å²) in [5.41, 5.74) is 3.50. The zero-order chi connectivity index (χ0) is 15.8. The van der Waals surface area contributed by atoms with Crippen LogP contribution in [0.25, 0.3) is 0 Å². The molecule has 1 aromatic rings. The molecule has 5 nitrogen and oxygen atoms in total. The van der Waals surface area contributed by atoms with Crippen LogP contribution in [0.5, 0.6) is 5.75 Å². The van der Waals surface area contributed by atoms with Gasteiger partial charge in [0.25, 0.3) is 0 Å². The van der Waals surface area contributed by atoms with Gasteiger partial charge in [0.1, 0.15) is 5.75 Å². The quantitative estimate of drug-likeness (QED) is 0.835. The molecular weight excluding hydrogens is 290 g/mol. The van der Waals surface area contributed by atoms with E-state index in [1.54, 1.807) is 0 Å². The largest absolute Gasteiger partial charge is 0.491 e. The Morgan fingerprint density at radius 2 is 1.91 bits per heavy atom. The van der Waals surface area contributed by atoms with Crippen LogP contribution in [0, 0.1) is 0 Å². The van der Waals surface area contributed by atoms with E-state index in [1.165, 1.54) is 11.3 Å². The Labute approximate surface area is 137 Å². The molecule has 0 aromatic heterocycles. The fraction of sp³-hybridized carbons (Fsp3) is 0.611. The van der Waals surface area contributed by atoms with E-state index in [0.29, 0.717) is 6.42 Å². The summed E-state index contributed by atoms with van der Waals surface area (Å²) in [4.78, 5) is 18.9. The summed E-state index contributed by atoms with van der Waals surface area (Å²) in [7, 11) is 2.18. The lowest BCUT2D eigenvalue weighted by Gasteiger charge is -2.27. The first-order chi connectivity index (χ1) is 11.2. The molecule has 0 N–H and O–H groups in total. The fourth-order valence-corrected chi connectivity index (χ4v) is 3.87. The van der Waals surface area contributed by atoms with Crippen molar-refractivity contribution in [1.82, 2.24) is 4.90 Å². The zero-order valence-electron chi connectivity index (χ0n) is 13.9. The molecule has 1 amide bonds. The molecule has 3 aliphatic rings. The topological polar surface area (TPSA) is 36.0 Å². The van der Waals surface area contributed by atoms with E-state index >= 15 is 0 Å². The van der Waals surface area contributed by atoms with E-state index in [9.17, 15) is 4.79 Å². The molecule has 1 aromatic carbocycles. The van der Waals surface area contributed by atoms with Gasteiger partial charge in [-0.05, 0) is 38.6 Å². The number of anilines is 2. The second kappa shape index (κ2) is 6.04. The third kappa shape index (κ3) is 2.78. The number of carbonyl (C=O) groups is 1. The van der Waals surface area contributed by atoms with E-state index in [4.69, 9.17) is 4.74 Å². The van der Waals surface area contributed by atoms with E-state index in [1.807, 2.05) is 4.90 Å². The highest BCUT2D eigenvalue weighted by Crippen LogP contribution is 2.41. The Bertz CT molecular complexity index is 617. The van der Waals surface area contributed by atoms with Crippen molar-refractivity contribution in [2.75, 3.05) is 56.2 Å². The van der Waals surface area contributed by atoms with Gasteiger partial charge in [0.05, 0.1) is 12.3 Å². The molecule has 0 saturated carbocycles. The minimum Gasteiger partial charge on any atom is -0.491 e. The van der Waals surface area contributed by atoms with E-state index in [0.717, 1.165) is 70.0 Å². The summed E-state index contributed by atoms with van der Waals surface area (Å²) in [5, 5.41) is 0. The molecule has 0 radical (unpaired) electrons. The van der Waals surface area contributed by atoms with Crippen molar-refractivity contribution < 1.29 is 9.53 Å². The lowest BCUT2D eigenvalue weighted by molar-refractivity contribution is -0.117. The Balaban J connectivity index is 1.70. The van der Waals surface area contributed by atoms with Crippen LogP contribution in [0.3, 0.4) is 0 Å². The number of carbonyl (C=O) groups excluding carboxylic acids is 1. The van der Waals surface area contributed by atoms with Crippen LogP contribution in [0.15, 0.2) is 12.1 Å². The first-order valence-electron chi connectivity index (χ1n) is 8.76. The molecule has 3 heterocycles. The third-order valence-corrected chi connectivity index (χ3v) is 5.19. The van der Waals surface area contributed by atoms with Gasteiger partial charge in [0, 0.05) is 50.3 Å². The first kappa shape index (κ1) is 14.8. The summed E-state index contributed by atoms with van der Waals surface area (Å²) >= 11 is 0. The number of likely N-dealkylation sites (N-methyl/N-ethyl adjacent to an activating group) is 1. The number of rotatable bonds is 2. The van der Waals surface area contributed by atoms with Crippen LogP contribution in [0.1, 0.15) is 24.8 Å². The molecule has 23 heavy (non-hydrogen) atoms. The van der Waals surface area contributed by atoms with Crippen molar-refractivity contribution >= 4 is 17.3 Å². The van der Waals surface area contributed by atoms with Gasteiger partial charge in [0.2, 0.25) is 5.91 Å². The Hall–Kier alpha value is -1.75. The van der Waals surface area contributed by atoms with Crippen molar-refractivity contribution in [2.45, 2.75) is 25.7 Å². The number of ether oxygens (including phenoxy) is 1. The average Bonchev–Trinajstić information content (AvgIpc) is 3.12. The predicted molar refractivity (Wildman–Crippen MR) is 91.6 cm³/mol. The molecule has 0 atom stereocenters. The zero-order valence-corrected chi connectivity index (χ0v) is 13.9. The molecule has 2 saturated heterocycles. The van der Waals surface area contributed by atoms with Crippen LogP contribution >= 0.6 is 0 Å². The Morgan fingerprint density at radius 1 is 1.00 bits per heavy atom. The van der Waals surface area contributed by atoms with Crippen molar-refractivity contribution in [1.29, 1.82) is 0 Å². The van der Waals surface area contributed by atoms with Crippen LogP contribution in [-0.2, 0) is 11.2 Å². The molecule has 124 valence electrons. The molecular formula is C18H25N3O2. The molecule has 2 fully saturated rings. The molecule has 4 rings (SSSR count). The highest BCUT2D eigenvalue weighted by molar-refractivity contribution is 5.96. The Morgan fingerprint density at radius 3 is 2.74 bits per heavy atom. The highest BCUT2D eigenvalue weighted by atomic mass is 16.5. The summed E-state index contributed by atoms with van der Waals surface area (Å²) in [6.07, 6.45) is 3.76. The minimum atomic E-state index is 0.255. The van der Waals surface area contributed by atoms with Gasteiger partial charge in [-0.15, -0.1) is 0 Å². The van der Waals surface area contributed by atoms with E-state index < -0.39 is 0 Å². The number of hydrogen-bond acceptors (Lipinski definition) is 4. The van der Waals surface area contributed by atoms with Crippen molar-refractivity contribution in [3.63, 3.8) is 0 Å². The minimum absolute atomic E-state index is 0.255. The Kier molecular flexibility index (Phi) is 3.89. The number of benzene rings is 1. The third-order valence-electron chi connectivity index (χ3n) is 5.19. The maximum Gasteiger partial charge on any atom is 0.227 e. The smallest absolute Gasteiger partial charge is 0.227 e. The van der Waals surface area contributed by atoms with Gasteiger partial charge in [-0.3, -0.25) is 4.79 Å². The molecule has 0 bridgehead atoms. The lowest BCUT2D eigenvalue weighted by atomic mass is 10.1. The van der Waals surface area contributed by atoms with Crippen molar-refractivity contribution in [2.24, 2.45) is 0 Å². The van der Waals surface area contributed by atoms with Gasteiger partial charge in [-0.2, -0.15) is 0 Å². The highest BCUT2D eigenvalue weighted by Gasteiger charge is 2.27. The van der Waals surface area contributed by atoms with Crippen LogP contribution < -0.4 is 14.5 Å². The number of fused-ring (bicyclic) bond motifs is 1. The van der Waals surface area contributed by atoms with Crippen LogP contribution in [-0.4, -0.2) is 57.2 Å². The van der Waals surface area contributed by atoms with Crippen LogP contribution in [0.2, 0.25) is 0 Å². The maximum absolute atomic E-state index is 12.1. The van der Waals surface area contributed by atoms with Gasteiger partial charge < -0.3 is 19.4 Å².